The quantitative estimate of drug-likeness (QED) is 0.727. The van der Waals surface area contributed by atoms with Crippen LogP contribution in [0, 0.1) is 5.92 Å². The summed E-state index contributed by atoms with van der Waals surface area (Å²) in [4.78, 5) is 29.4. The Bertz CT molecular complexity index is 619. The molecule has 2 unspecified atom stereocenters. The van der Waals surface area contributed by atoms with Crippen LogP contribution in [0.1, 0.15) is 33.6 Å². The zero-order chi connectivity index (χ0) is 18.2. The fourth-order valence-electron chi connectivity index (χ4n) is 4.52. The molecule has 6 nitrogen and oxygen atoms in total. The molecule has 2 aliphatic heterocycles. The molecule has 25 heavy (non-hydrogen) atoms. The van der Waals surface area contributed by atoms with Gasteiger partial charge in [-0.1, -0.05) is 6.08 Å². The smallest absolute Gasteiger partial charge is 0.333 e. The minimum Gasteiger partial charge on any atom is -0.466 e. The molecule has 2 fully saturated rings. The number of nitrogens with zero attached hydrogens (tertiary/aromatic N) is 2. The molecule has 0 aromatic rings. The third-order valence-electron chi connectivity index (χ3n) is 5.52. The Labute approximate surface area is 149 Å². The lowest BCUT2D eigenvalue weighted by Gasteiger charge is -2.43. The van der Waals surface area contributed by atoms with Crippen molar-refractivity contribution in [3.05, 3.63) is 23.4 Å². The van der Waals surface area contributed by atoms with Gasteiger partial charge < -0.3 is 19.3 Å². The van der Waals surface area contributed by atoms with Crippen molar-refractivity contribution >= 4 is 11.9 Å². The van der Waals surface area contributed by atoms with Crippen LogP contribution in [-0.2, 0) is 19.1 Å². The first-order chi connectivity index (χ1) is 11.9. The summed E-state index contributed by atoms with van der Waals surface area (Å²) < 4.78 is 10.3. The Morgan fingerprint density at radius 2 is 1.96 bits per heavy atom. The number of esters is 1. The number of fused-ring (bicyclic) bond motifs is 1. The van der Waals surface area contributed by atoms with E-state index in [-0.39, 0.29) is 23.8 Å². The second-order valence-electron chi connectivity index (χ2n) is 7.52. The van der Waals surface area contributed by atoms with E-state index in [0.29, 0.717) is 38.3 Å². The van der Waals surface area contributed by atoms with E-state index in [9.17, 15) is 9.59 Å². The van der Waals surface area contributed by atoms with Crippen molar-refractivity contribution in [2.24, 2.45) is 5.92 Å². The molecular formula is C19H28N2O4. The van der Waals surface area contributed by atoms with E-state index in [1.165, 1.54) is 7.11 Å². The number of carbonyl (C=O) groups excluding carboxylic acids is 2. The molecular weight excluding hydrogens is 320 g/mol. The summed E-state index contributed by atoms with van der Waals surface area (Å²) in [7, 11) is 1.41. The lowest BCUT2D eigenvalue weighted by Crippen LogP contribution is -2.58. The minimum absolute atomic E-state index is 0.166. The van der Waals surface area contributed by atoms with Gasteiger partial charge in [-0.2, -0.15) is 0 Å². The van der Waals surface area contributed by atoms with Crippen molar-refractivity contribution in [1.29, 1.82) is 0 Å². The van der Waals surface area contributed by atoms with Crippen LogP contribution in [0.25, 0.3) is 0 Å². The number of morpholine rings is 1. The number of amides is 1. The highest BCUT2D eigenvalue weighted by molar-refractivity contribution is 5.90. The maximum Gasteiger partial charge on any atom is 0.333 e. The lowest BCUT2D eigenvalue weighted by atomic mass is 9.86. The van der Waals surface area contributed by atoms with E-state index in [1.54, 1.807) is 0 Å². The average Bonchev–Trinajstić information content (AvgIpc) is 2.93. The number of allylic oxidation sites excluding steroid dienone is 3. The van der Waals surface area contributed by atoms with Crippen LogP contribution in [0.2, 0.25) is 0 Å². The summed E-state index contributed by atoms with van der Waals surface area (Å²) in [5.74, 6) is 0.0652. The van der Waals surface area contributed by atoms with Gasteiger partial charge in [-0.05, 0) is 39.7 Å². The second kappa shape index (κ2) is 6.83. The van der Waals surface area contributed by atoms with Crippen LogP contribution in [-0.4, -0.2) is 66.7 Å². The van der Waals surface area contributed by atoms with E-state index in [4.69, 9.17) is 9.47 Å². The Hall–Kier alpha value is -1.82. The first kappa shape index (κ1) is 18.0. The molecule has 1 aliphatic carbocycles. The highest BCUT2D eigenvalue weighted by atomic mass is 16.5. The van der Waals surface area contributed by atoms with E-state index in [2.05, 4.69) is 18.7 Å². The predicted molar refractivity (Wildman–Crippen MR) is 93.7 cm³/mol. The van der Waals surface area contributed by atoms with Gasteiger partial charge in [-0.25, -0.2) is 4.79 Å². The Morgan fingerprint density at radius 3 is 2.56 bits per heavy atom. The molecule has 0 bridgehead atoms. The SMILES string of the molecule is COC(=O)C1=CC=C2C(C1)CC(C)(C(=O)N1CCOCC1)N2C(C)C. The van der Waals surface area contributed by atoms with Crippen molar-refractivity contribution in [2.45, 2.75) is 45.2 Å². The molecule has 138 valence electrons. The molecule has 3 aliphatic rings. The maximum atomic E-state index is 13.3. The van der Waals surface area contributed by atoms with Crippen LogP contribution in [0.4, 0.5) is 0 Å². The molecule has 2 heterocycles. The predicted octanol–water partition coefficient (Wildman–Crippen LogP) is 1.72. The number of likely N-dealkylation sites (tertiary alicyclic amines) is 1. The zero-order valence-corrected chi connectivity index (χ0v) is 15.6. The van der Waals surface area contributed by atoms with Gasteiger partial charge in [0.25, 0.3) is 0 Å². The van der Waals surface area contributed by atoms with Gasteiger partial charge in [0.15, 0.2) is 0 Å². The third-order valence-corrected chi connectivity index (χ3v) is 5.52. The molecule has 0 N–H and O–H groups in total. The first-order valence-electron chi connectivity index (χ1n) is 9.04. The van der Waals surface area contributed by atoms with Gasteiger partial charge >= 0.3 is 5.97 Å². The maximum absolute atomic E-state index is 13.3. The zero-order valence-electron chi connectivity index (χ0n) is 15.6. The van der Waals surface area contributed by atoms with Gasteiger partial charge in [0.1, 0.15) is 5.54 Å². The molecule has 0 saturated carbocycles. The van der Waals surface area contributed by atoms with Crippen molar-refractivity contribution < 1.29 is 19.1 Å². The molecule has 2 atom stereocenters. The number of carbonyl (C=O) groups is 2. The molecule has 0 radical (unpaired) electrons. The largest absolute Gasteiger partial charge is 0.466 e. The molecule has 1 amide bonds. The molecule has 2 saturated heterocycles. The van der Waals surface area contributed by atoms with Crippen molar-refractivity contribution in [3.8, 4) is 0 Å². The van der Waals surface area contributed by atoms with Crippen LogP contribution in [0.5, 0.6) is 0 Å². The highest BCUT2D eigenvalue weighted by Crippen LogP contribution is 2.47. The number of hydrogen-bond donors (Lipinski definition) is 0. The molecule has 0 aromatic heterocycles. The first-order valence-corrected chi connectivity index (χ1v) is 9.04. The molecule has 0 spiro atoms. The summed E-state index contributed by atoms with van der Waals surface area (Å²) >= 11 is 0. The Kier molecular flexibility index (Phi) is 4.91. The topological polar surface area (TPSA) is 59.1 Å². The molecule has 0 aromatic carbocycles. The fraction of sp³-hybridized carbons (Fsp3) is 0.684. The summed E-state index contributed by atoms with van der Waals surface area (Å²) in [5, 5.41) is 0. The van der Waals surface area contributed by atoms with E-state index < -0.39 is 5.54 Å². The highest BCUT2D eigenvalue weighted by Gasteiger charge is 2.53. The molecule has 6 heteroatoms. The summed E-state index contributed by atoms with van der Waals surface area (Å²) in [6.45, 7) is 8.78. The number of methoxy groups -OCH3 is 1. The van der Waals surface area contributed by atoms with Crippen LogP contribution in [0.15, 0.2) is 23.4 Å². The van der Waals surface area contributed by atoms with E-state index in [1.807, 2.05) is 24.0 Å². The van der Waals surface area contributed by atoms with Crippen molar-refractivity contribution in [1.82, 2.24) is 9.80 Å². The summed E-state index contributed by atoms with van der Waals surface area (Å²) in [5.41, 5.74) is 1.26. The summed E-state index contributed by atoms with van der Waals surface area (Å²) in [6.07, 6.45) is 5.20. The van der Waals surface area contributed by atoms with Gasteiger partial charge in [-0.15, -0.1) is 0 Å². The van der Waals surface area contributed by atoms with Crippen LogP contribution >= 0.6 is 0 Å². The second-order valence-corrected chi connectivity index (χ2v) is 7.52. The lowest BCUT2D eigenvalue weighted by molar-refractivity contribution is -0.146. The van der Waals surface area contributed by atoms with Gasteiger partial charge in [0, 0.05) is 36.3 Å². The van der Waals surface area contributed by atoms with Crippen molar-refractivity contribution in [3.63, 3.8) is 0 Å². The number of ether oxygens (including phenoxy) is 2. The Morgan fingerprint density at radius 1 is 1.28 bits per heavy atom. The standard InChI is InChI=1S/C19H28N2O4/c1-13(2)21-16-6-5-14(17(22)24-4)11-15(16)12-19(21,3)18(23)20-7-9-25-10-8-20/h5-6,13,15H,7-12H2,1-4H3. The fourth-order valence-corrected chi connectivity index (χ4v) is 4.52. The van der Waals surface area contributed by atoms with Crippen molar-refractivity contribution in [2.75, 3.05) is 33.4 Å². The number of hydrogen-bond acceptors (Lipinski definition) is 5. The van der Waals surface area contributed by atoms with Crippen LogP contribution in [0.3, 0.4) is 0 Å². The monoisotopic (exact) mass is 348 g/mol. The number of rotatable bonds is 3. The van der Waals surface area contributed by atoms with Gasteiger partial charge in [0.2, 0.25) is 5.91 Å². The van der Waals surface area contributed by atoms with Crippen LogP contribution < -0.4 is 0 Å². The minimum atomic E-state index is -0.582. The van der Waals surface area contributed by atoms with E-state index in [0.717, 1.165) is 12.1 Å². The normalized spacial score (nSPS) is 29.2. The average molecular weight is 348 g/mol. The van der Waals surface area contributed by atoms with E-state index >= 15 is 0 Å². The van der Waals surface area contributed by atoms with Gasteiger partial charge in [0.05, 0.1) is 20.3 Å². The molecule has 3 rings (SSSR count). The Balaban J connectivity index is 1.88. The third kappa shape index (κ3) is 3.08. The summed E-state index contributed by atoms with van der Waals surface area (Å²) in [6, 6.07) is 0.208. The van der Waals surface area contributed by atoms with Gasteiger partial charge in [-0.3, -0.25) is 4.79 Å².